The Bertz CT molecular complexity index is 267. The molecule has 0 fully saturated rings. The van der Waals surface area contributed by atoms with Crippen molar-refractivity contribution in [2.75, 3.05) is 0 Å². The Labute approximate surface area is 96.8 Å². The molecular formula is C13H15Fe-. The molecule has 0 aliphatic rings. The first-order chi connectivity index (χ1) is 6.43. The monoisotopic (exact) mass is 227 g/mol. The van der Waals surface area contributed by atoms with Gasteiger partial charge in [0.1, 0.15) is 0 Å². The van der Waals surface area contributed by atoms with Crippen LogP contribution in [0.1, 0.15) is 12.5 Å². The van der Waals surface area contributed by atoms with Crippen LogP contribution in [0.5, 0.6) is 0 Å². The summed E-state index contributed by atoms with van der Waals surface area (Å²) in [6, 6.07) is 20.5. The smallest absolute Gasteiger partial charge is 0 e. The average Bonchev–Trinajstić information content (AvgIpc) is 2.77. The van der Waals surface area contributed by atoms with Crippen molar-refractivity contribution in [2.24, 2.45) is 0 Å². The SMILES string of the molecule is CCc1ccccc1.[Fe].c1cc[cH-]c1. The Balaban J connectivity index is 0.000000246. The minimum Gasteiger partial charge on any atom is -0.214 e. The third-order valence-corrected chi connectivity index (χ3v) is 1.81. The van der Waals surface area contributed by atoms with Gasteiger partial charge >= 0.3 is 0 Å². The molecule has 0 saturated heterocycles. The van der Waals surface area contributed by atoms with Gasteiger partial charge in [0.2, 0.25) is 0 Å². The van der Waals surface area contributed by atoms with Crippen LogP contribution >= 0.6 is 0 Å². The average molecular weight is 227 g/mol. The normalized spacial score (nSPS) is 8.07. The van der Waals surface area contributed by atoms with E-state index in [2.05, 4.69) is 31.2 Å². The molecule has 14 heavy (non-hydrogen) atoms. The second-order valence-corrected chi connectivity index (χ2v) is 2.80. The van der Waals surface area contributed by atoms with E-state index in [-0.39, 0.29) is 17.1 Å². The Morgan fingerprint density at radius 3 is 1.79 bits per heavy atom. The topological polar surface area (TPSA) is 0 Å². The van der Waals surface area contributed by atoms with Crippen molar-refractivity contribution in [3.63, 3.8) is 0 Å². The molecule has 0 aliphatic heterocycles. The molecule has 1 heteroatoms. The molecule has 0 radical (unpaired) electrons. The molecule has 0 bridgehead atoms. The van der Waals surface area contributed by atoms with Gasteiger partial charge in [-0.1, -0.05) is 37.3 Å². The Morgan fingerprint density at radius 1 is 0.929 bits per heavy atom. The zero-order valence-corrected chi connectivity index (χ0v) is 9.44. The van der Waals surface area contributed by atoms with Gasteiger partial charge in [0.25, 0.3) is 0 Å². The van der Waals surface area contributed by atoms with Crippen LogP contribution in [0.3, 0.4) is 0 Å². The van der Waals surface area contributed by atoms with Crippen LogP contribution in [-0.4, -0.2) is 0 Å². The molecule has 0 N–H and O–H groups in total. The molecule has 2 rings (SSSR count). The summed E-state index contributed by atoms with van der Waals surface area (Å²) in [7, 11) is 0. The zero-order chi connectivity index (χ0) is 9.36. The fourth-order valence-corrected chi connectivity index (χ4v) is 1.03. The molecule has 0 saturated carbocycles. The van der Waals surface area contributed by atoms with Crippen molar-refractivity contribution in [3.05, 3.63) is 66.2 Å². The molecule has 0 atom stereocenters. The van der Waals surface area contributed by atoms with Crippen molar-refractivity contribution in [2.45, 2.75) is 13.3 Å². The first kappa shape index (κ1) is 13.1. The number of hydrogen-bond donors (Lipinski definition) is 0. The van der Waals surface area contributed by atoms with Crippen LogP contribution in [0.2, 0.25) is 0 Å². The minimum atomic E-state index is 0. The van der Waals surface area contributed by atoms with Crippen molar-refractivity contribution < 1.29 is 17.1 Å². The summed E-state index contributed by atoms with van der Waals surface area (Å²) in [5.41, 5.74) is 1.41. The fraction of sp³-hybridized carbons (Fsp3) is 0.154. The van der Waals surface area contributed by atoms with Gasteiger partial charge in [-0.3, -0.25) is 0 Å². The third kappa shape index (κ3) is 5.69. The van der Waals surface area contributed by atoms with Crippen molar-refractivity contribution in [1.29, 1.82) is 0 Å². The standard InChI is InChI=1S/C8H10.C5H5.Fe/c1-2-8-6-4-3-5-7-8;1-2-4-5-3-1;/h3-7H,2H2,1H3;1-5H;/q;-1;. The molecule has 2 aromatic rings. The molecule has 0 aromatic heterocycles. The van der Waals surface area contributed by atoms with Crippen LogP contribution in [0, 0.1) is 0 Å². The summed E-state index contributed by atoms with van der Waals surface area (Å²) >= 11 is 0. The van der Waals surface area contributed by atoms with Gasteiger partial charge in [0, 0.05) is 17.1 Å². The van der Waals surface area contributed by atoms with E-state index in [0.717, 1.165) is 6.42 Å². The molecule has 0 spiro atoms. The van der Waals surface area contributed by atoms with Crippen LogP contribution in [0.4, 0.5) is 0 Å². The molecular weight excluding hydrogens is 212 g/mol. The number of hydrogen-bond acceptors (Lipinski definition) is 0. The second-order valence-electron chi connectivity index (χ2n) is 2.80. The molecule has 0 aliphatic carbocycles. The van der Waals surface area contributed by atoms with E-state index in [4.69, 9.17) is 0 Å². The van der Waals surface area contributed by atoms with E-state index in [1.807, 2.05) is 36.4 Å². The molecule has 0 heterocycles. The van der Waals surface area contributed by atoms with E-state index >= 15 is 0 Å². The summed E-state index contributed by atoms with van der Waals surface area (Å²) in [5, 5.41) is 0. The first-order valence-electron chi connectivity index (χ1n) is 4.64. The summed E-state index contributed by atoms with van der Waals surface area (Å²) in [5.74, 6) is 0. The molecule has 2 aromatic carbocycles. The van der Waals surface area contributed by atoms with Crippen LogP contribution in [-0.2, 0) is 23.5 Å². The van der Waals surface area contributed by atoms with Gasteiger partial charge in [-0.2, -0.15) is 18.2 Å². The van der Waals surface area contributed by atoms with E-state index < -0.39 is 0 Å². The Morgan fingerprint density at radius 2 is 1.50 bits per heavy atom. The number of rotatable bonds is 1. The maximum absolute atomic E-state index is 2.16. The summed E-state index contributed by atoms with van der Waals surface area (Å²) in [6.07, 6.45) is 1.14. The molecule has 0 amide bonds. The largest absolute Gasteiger partial charge is 0.214 e. The fourth-order valence-electron chi connectivity index (χ4n) is 1.03. The summed E-state index contributed by atoms with van der Waals surface area (Å²) in [4.78, 5) is 0. The van der Waals surface area contributed by atoms with Crippen molar-refractivity contribution >= 4 is 0 Å². The Hall–Kier alpha value is -0.911. The second kappa shape index (κ2) is 8.68. The van der Waals surface area contributed by atoms with Gasteiger partial charge in [0.05, 0.1) is 0 Å². The van der Waals surface area contributed by atoms with Gasteiger partial charge < -0.3 is 0 Å². The maximum atomic E-state index is 2.16. The predicted molar refractivity (Wildman–Crippen MR) is 57.9 cm³/mol. The minimum absolute atomic E-state index is 0. The van der Waals surface area contributed by atoms with E-state index in [1.165, 1.54) is 5.56 Å². The zero-order valence-electron chi connectivity index (χ0n) is 8.33. The van der Waals surface area contributed by atoms with Crippen molar-refractivity contribution in [3.8, 4) is 0 Å². The van der Waals surface area contributed by atoms with Crippen LogP contribution < -0.4 is 0 Å². The van der Waals surface area contributed by atoms with Crippen LogP contribution in [0.25, 0.3) is 0 Å². The van der Waals surface area contributed by atoms with Crippen molar-refractivity contribution in [1.82, 2.24) is 0 Å². The van der Waals surface area contributed by atoms with E-state index in [9.17, 15) is 0 Å². The summed E-state index contributed by atoms with van der Waals surface area (Å²) < 4.78 is 0. The maximum Gasteiger partial charge on any atom is 0 e. The molecule has 0 nitrogen and oxygen atoms in total. The summed E-state index contributed by atoms with van der Waals surface area (Å²) in [6.45, 7) is 2.16. The van der Waals surface area contributed by atoms with Gasteiger partial charge in [-0.15, -0.1) is 0 Å². The third-order valence-electron chi connectivity index (χ3n) is 1.81. The molecule has 0 unspecified atom stereocenters. The predicted octanol–water partition coefficient (Wildman–Crippen LogP) is 3.65. The van der Waals surface area contributed by atoms with E-state index in [0.29, 0.717) is 0 Å². The first-order valence-corrected chi connectivity index (χ1v) is 4.64. The van der Waals surface area contributed by atoms with Crippen LogP contribution in [0.15, 0.2) is 60.7 Å². The molecule has 76 valence electrons. The number of benzene rings is 1. The Kier molecular flexibility index (Phi) is 8.11. The van der Waals surface area contributed by atoms with E-state index in [1.54, 1.807) is 0 Å². The van der Waals surface area contributed by atoms with Gasteiger partial charge in [-0.05, 0) is 12.0 Å². The van der Waals surface area contributed by atoms with Gasteiger partial charge in [-0.25, -0.2) is 12.1 Å². The quantitative estimate of drug-likeness (QED) is 0.515. The van der Waals surface area contributed by atoms with Gasteiger partial charge in [0.15, 0.2) is 0 Å². The number of aryl methyl sites for hydroxylation is 1.